The third kappa shape index (κ3) is 2.99. The van der Waals surface area contributed by atoms with Crippen molar-refractivity contribution in [3.8, 4) is 5.75 Å². The first-order chi connectivity index (χ1) is 11.8. The van der Waals surface area contributed by atoms with Crippen molar-refractivity contribution in [2.75, 3.05) is 0 Å². The van der Waals surface area contributed by atoms with Crippen LogP contribution >= 0.6 is 22.9 Å². The van der Waals surface area contributed by atoms with Gasteiger partial charge in [-0.3, -0.25) is 14.9 Å². The minimum Gasteiger partial charge on any atom is -0.502 e. The van der Waals surface area contributed by atoms with Crippen molar-refractivity contribution in [1.82, 2.24) is 9.66 Å². The Morgan fingerprint density at radius 1 is 1.44 bits per heavy atom. The lowest BCUT2D eigenvalue weighted by Gasteiger charge is -2.02. The van der Waals surface area contributed by atoms with E-state index in [-0.39, 0.29) is 16.1 Å². The van der Waals surface area contributed by atoms with Gasteiger partial charge in [-0.15, -0.1) is 11.3 Å². The molecule has 8 nitrogen and oxygen atoms in total. The summed E-state index contributed by atoms with van der Waals surface area (Å²) in [5.41, 5.74) is -0.0500. The Balaban J connectivity index is 2.11. The van der Waals surface area contributed by atoms with E-state index in [1.54, 1.807) is 0 Å². The largest absolute Gasteiger partial charge is 0.502 e. The molecule has 3 aromatic rings. The molecule has 1 aromatic carbocycles. The molecule has 0 amide bonds. The first kappa shape index (κ1) is 17.1. The van der Waals surface area contributed by atoms with Crippen LogP contribution in [0.2, 0.25) is 5.02 Å². The van der Waals surface area contributed by atoms with Crippen LogP contribution in [0.25, 0.3) is 10.2 Å². The van der Waals surface area contributed by atoms with Crippen LogP contribution in [0.1, 0.15) is 16.0 Å². The van der Waals surface area contributed by atoms with Crippen molar-refractivity contribution in [2.24, 2.45) is 5.10 Å². The summed E-state index contributed by atoms with van der Waals surface area (Å²) < 4.78 is 1.01. The van der Waals surface area contributed by atoms with Gasteiger partial charge in [0.1, 0.15) is 11.2 Å². The third-order valence-electron chi connectivity index (χ3n) is 3.68. The molecular formula is C15H11ClN4O4S. The number of nitrogens with zero attached hydrogens (tertiary/aromatic N) is 4. The molecular weight excluding hydrogens is 368 g/mol. The molecule has 0 aliphatic carbocycles. The first-order valence-electron chi connectivity index (χ1n) is 6.98. The molecule has 0 saturated carbocycles. The van der Waals surface area contributed by atoms with Crippen LogP contribution in [0.3, 0.4) is 0 Å². The number of aromatic nitrogens is 2. The summed E-state index contributed by atoms with van der Waals surface area (Å²) in [6.07, 6.45) is 2.38. The Bertz CT molecular complexity index is 1100. The Morgan fingerprint density at radius 3 is 2.84 bits per heavy atom. The highest BCUT2D eigenvalue weighted by Crippen LogP contribution is 2.32. The summed E-state index contributed by atoms with van der Waals surface area (Å²) in [5, 5.41) is 25.4. The molecule has 2 heterocycles. The van der Waals surface area contributed by atoms with Crippen molar-refractivity contribution < 1.29 is 10.0 Å². The van der Waals surface area contributed by atoms with Gasteiger partial charge >= 0.3 is 5.69 Å². The van der Waals surface area contributed by atoms with Gasteiger partial charge < -0.3 is 5.11 Å². The maximum atomic E-state index is 12.5. The summed E-state index contributed by atoms with van der Waals surface area (Å²) in [6, 6.07) is 2.34. The number of hydrogen-bond donors (Lipinski definition) is 1. The number of aromatic hydroxyl groups is 1. The standard InChI is InChI=1S/C15H11ClN4O4S/c1-7-8(2)25-14-12(7)15(22)19(6-17-14)18-5-9-3-10(16)4-11(13(9)21)20(23)24/h3-6,21H,1-2H3/b18-5+. The first-order valence-corrected chi connectivity index (χ1v) is 8.17. The molecule has 128 valence electrons. The van der Waals surface area contributed by atoms with Crippen molar-refractivity contribution >= 4 is 45.1 Å². The Labute approximate surface area is 149 Å². The summed E-state index contributed by atoms with van der Waals surface area (Å²) in [6.45, 7) is 3.73. The molecule has 0 bridgehead atoms. The van der Waals surface area contributed by atoms with E-state index in [1.807, 2.05) is 13.8 Å². The van der Waals surface area contributed by atoms with Crippen molar-refractivity contribution in [1.29, 1.82) is 0 Å². The number of rotatable bonds is 3. The van der Waals surface area contributed by atoms with Gasteiger partial charge in [0.05, 0.1) is 16.5 Å². The van der Waals surface area contributed by atoms with E-state index in [2.05, 4.69) is 10.1 Å². The van der Waals surface area contributed by atoms with Crippen LogP contribution in [0.15, 0.2) is 28.4 Å². The summed E-state index contributed by atoms with van der Waals surface area (Å²) in [5.74, 6) is -0.581. The highest BCUT2D eigenvalue weighted by molar-refractivity contribution is 7.18. The normalized spacial score (nSPS) is 11.5. The molecule has 0 aliphatic rings. The van der Waals surface area contributed by atoms with E-state index in [9.17, 15) is 20.0 Å². The summed E-state index contributed by atoms with van der Waals surface area (Å²) in [7, 11) is 0. The van der Waals surface area contributed by atoms with Crippen LogP contribution in [0.4, 0.5) is 5.69 Å². The van der Waals surface area contributed by atoms with Gasteiger partial charge in [-0.25, -0.2) is 4.98 Å². The number of phenolic OH excluding ortho intramolecular Hbond substituents is 1. The molecule has 0 aliphatic heterocycles. The fraction of sp³-hybridized carbons (Fsp3) is 0.133. The van der Waals surface area contributed by atoms with Gasteiger partial charge in [-0.1, -0.05) is 11.6 Å². The van der Waals surface area contributed by atoms with Gasteiger partial charge in [-0.05, 0) is 25.5 Å². The van der Waals surface area contributed by atoms with E-state index in [1.165, 1.54) is 23.7 Å². The molecule has 3 rings (SSSR count). The lowest BCUT2D eigenvalue weighted by molar-refractivity contribution is -0.385. The predicted octanol–water partition coefficient (Wildman–Crippen LogP) is 3.22. The van der Waals surface area contributed by atoms with Gasteiger partial charge in [0.15, 0.2) is 0 Å². The number of halogens is 1. The van der Waals surface area contributed by atoms with E-state index >= 15 is 0 Å². The second kappa shape index (κ2) is 6.26. The number of hydrogen-bond acceptors (Lipinski definition) is 7. The van der Waals surface area contributed by atoms with E-state index in [4.69, 9.17) is 11.6 Å². The fourth-order valence-electron chi connectivity index (χ4n) is 2.28. The molecule has 0 radical (unpaired) electrons. The van der Waals surface area contributed by atoms with E-state index in [0.29, 0.717) is 10.2 Å². The van der Waals surface area contributed by atoms with Crippen LogP contribution in [0.5, 0.6) is 5.75 Å². The quantitative estimate of drug-likeness (QED) is 0.427. The topological polar surface area (TPSA) is 111 Å². The highest BCUT2D eigenvalue weighted by Gasteiger charge is 2.18. The van der Waals surface area contributed by atoms with E-state index in [0.717, 1.165) is 27.4 Å². The highest BCUT2D eigenvalue weighted by atomic mass is 35.5. The number of aryl methyl sites for hydroxylation is 2. The average molecular weight is 379 g/mol. The predicted molar refractivity (Wildman–Crippen MR) is 96.1 cm³/mol. The van der Waals surface area contributed by atoms with Crippen LogP contribution in [0, 0.1) is 24.0 Å². The number of fused-ring (bicyclic) bond motifs is 1. The van der Waals surface area contributed by atoms with Gasteiger partial charge in [0.2, 0.25) is 5.75 Å². The van der Waals surface area contributed by atoms with Gasteiger partial charge in [0, 0.05) is 21.5 Å². The Morgan fingerprint density at radius 2 is 2.16 bits per heavy atom. The Kier molecular flexibility index (Phi) is 4.27. The molecule has 10 heteroatoms. The molecule has 0 fully saturated rings. The molecule has 25 heavy (non-hydrogen) atoms. The number of benzene rings is 1. The van der Waals surface area contributed by atoms with Gasteiger partial charge in [0.25, 0.3) is 5.56 Å². The molecule has 0 saturated heterocycles. The van der Waals surface area contributed by atoms with Crippen LogP contribution in [-0.4, -0.2) is 25.9 Å². The summed E-state index contributed by atoms with van der Waals surface area (Å²) >= 11 is 7.24. The third-order valence-corrected chi connectivity index (χ3v) is 5.01. The lowest BCUT2D eigenvalue weighted by Crippen LogP contribution is -2.17. The maximum Gasteiger partial charge on any atom is 0.312 e. The lowest BCUT2D eigenvalue weighted by atomic mass is 10.2. The fourth-order valence-corrected chi connectivity index (χ4v) is 3.48. The molecule has 1 N–H and O–H groups in total. The van der Waals surface area contributed by atoms with Crippen LogP contribution in [-0.2, 0) is 0 Å². The zero-order valence-corrected chi connectivity index (χ0v) is 14.6. The van der Waals surface area contributed by atoms with Crippen molar-refractivity contribution in [2.45, 2.75) is 13.8 Å². The zero-order valence-electron chi connectivity index (χ0n) is 13.1. The van der Waals surface area contributed by atoms with Crippen LogP contribution < -0.4 is 5.56 Å². The van der Waals surface area contributed by atoms with Crippen molar-refractivity contribution in [3.05, 3.63) is 60.0 Å². The SMILES string of the molecule is Cc1sc2ncn(/N=C/c3cc(Cl)cc([N+](=O)[O-])c3O)c(=O)c2c1C. The maximum absolute atomic E-state index is 12.5. The van der Waals surface area contributed by atoms with Gasteiger partial charge in [-0.2, -0.15) is 9.78 Å². The second-order valence-corrected chi connectivity index (χ2v) is 6.86. The van der Waals surface area contributed by atoms with Crippen molar-refractivity contribution in [3.63, 3.8) is 0 Å². The molecule has 0 unspecified atom stereocenters. The molecule has 0 atom stereocenters. The molecule has 2 aromatic heterocycles. The Hall–Kier alpha value is -2.78. The van der Waals surface area contributed by atoms with E-state index < -0.39 is 16.4 Å². The minimum atomic E-state index is -0.754. The molecule has 0 spiro atoms. The smallest absolute Gasteiger partial charge is 0.312 e. The number of nitro benzene ring substituents is 1. The number of thiophene rings is 1. The number of nitro groups is 1. The number of phenols is 1. The monoisotopic (exact) mass is 378 g/mol. The summed E-state index contributed by atoms with van der Waals surface area (Å²) in [4.78, 5) is 28.5. The average Bonchev–Trinajstić information content (AvgIpc) is 2.84. The second-order valence-electron chi connectivity index (χ2n) is 5.22. The minimum absolute atomic E-state index is 0.0180. The zero-order chi connectivity index (χ0) is 18.3.